The van der Waals surface area contributed by atoms with Crippen LogP contribution in [0.15, 0.2) is 167 Å². The van der Waals surface area contributed by atoms with Crippen molar-refractivity contribution in [3.63, 3.8) is 0 Å². The van der Waals surface area contributed by atoms with E-state index in [0.29, 0.717) is 0 Å². The molecule has 11 rings (SSSR count). The van der Waals surface area contributed by atoms with E-state index < -0.39 is 0 Å². The standard InChI is InChI=1S/C46H26O2/c1-2-12-29-27(11-1)23-40(31-14-4-3-13-30(29)31)46-35-18-7-5-16-33(35)45(34-17-6-8-19-36(34)46)28-21-22-42-37(24-28)39-25-38-32-15-9-10-20-41(32)47-43(38)26-44(39)48-42/h1-26H. The average Bonchev–Trinajstić information content (AvgIpc) is 3.69. The molecule has 48 heavy (non-hydrogen) atoms. The minimum absolute atomic E-state index is 0.835. The van der Waals surface area contributed by atoms with Crippen molar-refractivity contribution in [3.8, 4) is 22.3 Å². The third kappa shape index (κ3) is 3.52. The van der Waals surface area contributed by atoms with E-state index >= 15 is 0 Å². The molecule has 0 spiro atoms. The second-order valence-corrected chi connectivity index (χ2v) is 12.8. The van der Waals surface area contributed by atoms with Crippen molar-refractivity contribution in [3.05, 3.63) is 158 Å². The molecule has 0 aliphatic carbocycles. The molecule has 0 aliphatic heterocycles. The quantitative estimate of drug-likeness (QED) is 0.144. The lowest BCUT2D eigenvalue weighted by molar-refractivity contribution is 0.656. The lowest BCUT2D eigenvalue weighted by Crippen LogP contribution is -1.92. The molecule has 0 atom stereocenters. The molecule has 0 radical (unpaired) electrons. The molecule has 0 unspecified atom stereocenters. The fourth-order valence-electron chi connectivity index (χ4n) is 8.14. The zero-order valence-corrected chi connectivity index (χ0v) is 25.8. The third-order valence-electron chi connectivity index (χ3n) is 10.2. The van der Waals surface area contributed by atoms with Crippen LogP contribution in [0.5, 0.6) is 0 Å². The van der Waals surface area contributed by atoms with E-state index in [1.54, 1.807) is 0 Å². The van der Waals surface area contributed by atoms with Crippen LogP contribution in [0.3, 0.4) is 0 Å². The third-order valence-corrected chi connectivity index (χ3v) is 10.2. The summed E-state index contributed by atoms with van der Waals surface area (Å²) in [6, 6.07) is 56.9. The number of fused-ring (bicyclic) bond motifs is 11. The van der Waals surface area contributed by atoms with E-state index in [0.717, 1.165) is 43.9 Å². The largest absolute Gasteiger partial charge is 0.456 e. The first-order valence-corrected chi connectivity index (χ1v) is 16.4. The topological polar surface area (TPSA) is 26.3 Å². The summed E-state index contributed by atoms with van der Waals surface area (Å²) in [4.78, 5) is 0. The number of hydrogen-bond donors (Lipinski definition) is 0. The molecule has 0 fully saturated rings. The van der Waals surface area contributed by atoms with Gasteiger partial charge in [-0.1, -0.05) is 121 Å². The number of furan rings is 2. The number of benzene rings is 9. The van der Waals surface area contributed by atoms with E-state index in [4.69, 9.17) is 8.83 Å². The molecule has 2 heterocycles. The van der Waals surface area contributed by atoms with Crippen molar-refractivity contribution in [2.24, 2.45) is 0 Å². The highest BCUT2D eigenvalue weighted by Gasteiger charge is 2.20. The maximum Gasteiger partial charge on any atom is 0.139 e. The van der Waals surface area contributed by atoms with Crippen molar-refractivity contribution < 1.29 is 8.83 Å². The van der Waals surface area contributed by atoms with Crippen LogP contribution in [0.2, 0.25) is 0 Å². The predicted molar refractivity (Wildman–Crippen MR) is 202 cm³/mol. The second-order valence-electron chi connectivity index (χ2n) is 12.8. The summed E-state index contributed by atoms with van der Waals surface area (Å²) in [6.45, 7) is 0. The Kier molecular flexibility index (Phi) is 5.14. The minimum Gasteiger partial charge on any atom is -0.456 e. The normalized spacial score (nSPS) is 12.2. The Morgan fingerprint density at radius 2 is 0.771 bits per heavy atom. The van der Waals surface area contributed by atoms with E-state index in [1.165, 1.54) is 65.3 Å². The van der Waals surface area contributed by atoms with Crippen LogP contribution in [-0.4, -0.2) is 0 Å². The van der Waals surface area contributed by atoms with Gasteiger partial charge >= 0.3 is 0 Å². The first-order valence-electron chi connectivity index (χ1n) is 16.4. The molecule has 2 heteroatoms. The van der Waals surface area contributed by atoms with Gasteiger partial charge in [0.2, 0.25) is 0 Å². The van der Waals surface area contributed by atoms with Crippen molar-refractivity contribution in [2.75, 3.05) is 0 Å². The van der Waals surface area contributed by atoms with Gasteiger partial charge in [0.05, 0.1) is 0 Å². The molecule has 0 aliphatic rings. The molecule has 0 saturated heterocycles. The van der Waals surface area contributed by atoms with Crippen molar-refractivity contribution >= 4 is 87.0 Å². The first kappa shape index (κ1) is 25.8. The van der Waals surface area contributed by atoms with Crippen LogP contribution < -0.4 is 0 Å². The Morgan fingerprint density at radius 1 is 0.271 bits per heavy atom. The van der Waals surface area contributed by atoms with Gasteiger partial charge in [-0.05, 0) is 95.7 Å². The summed E-state index contributed by atoms with van der Waals surface area (Å²) in [5.41, 5.74) is 8.39. The fourth-order valence-corrected chi connectivity index (χ4v) is 8.14. The average molecular weight is 611 g/mol. The summed E-state index contributed by atoms with van der Waals surface area (Å²) in [5.74, 6) is 0. The summed E-state index contributed by atoms with van der Waals surface area (Å²) < 4.78 is 12.6. The zero-order valence-electron chi connectivity index (χ0n) is 25.8. The van der Waals surface area contributed by atoms with Gasteiger partial charge in [-0.15, -0.1) is 0 Å². The highest BCUT2D eigenvalue weighted by Crippen LogP contribution is 2.47. The molecule has 11 aromatic rings. The Morgan fingerprint density at radius 3 is 1.48 bits per heavy atom. The Bertz CT molecular complexity index is 3060. The van der Waals surface area contributed by atoms with E-state index in [1.807, 2.05) is 18.2 Å². The van der Waals surface area contributed by atoms with Gasteiger partial charge in [-0.25, -0.2) is 0 Å². The van der Waals surface area contributed by atoms with Gasteiger partial charge in [0, 0.05) is 27.6 Å². The maximum atomic E-state index is 6.42. The van der Waals surface area contributed by atoms with Crippen LogP contribution in [-0.2, 0) is 0 Å². The van der Waals surface area contributed by atoms with Crippen LogP contribution in [0, 0.1) is 0 Å². The molecular formula is C46H26O2. The monoisotopic (exact) mass is 610 g/mol. The van der Waals surface area contributed by atoms with Crippen LogP contribution in [0.25, 0.3) is 109 Å². The molecule has 2 nitrogen and oxygen atoms in total. The van der Waals surface area contributed by atoms with Crippen molar-refractivity contribution in [1.29, 1.82) is 0 Å². The van der Waals surface area contributed by atoms with Gasteiger partial charge in [-0.3, -0.25) is 0 Å². The first-order chi connectivity index (χ1) is 23.8. The summed E-state index contributed by atoms with van der Waals surface area (Å²) >= 11 is 0. The van der Waals surface area contributed by atoms with Gasteiger partial charge in [0.25, 0.3) is 0 Å². The maximum absolute atomic E-state index is 6.42. The minimum atomic E-state index is 0.835. The van der Waals surface area contributed by atoms with Gasteiger partial charge < -0.3 is 8.83 Å². The molecule has 0 amide bonds. The summed E-state index contributed by atoms with van der Waals surface area (Å²) in [7, 11) is 0. The fraction of sp³-hybridized carbons (Fsp3) is 0. The van der Waals surface area contributed by atoms with Crippen LogP contribution >= 0.6 is 0 Å². The van der Waals surface area contributed by atoms with E-state index in [9.17, 15) is 0 Å². The van der Waals surface area contributed by atoms with Crippen LogP contribution in [0.4, 0.5) is 0 Å². The smallest absolute Gasteiger partial charge is 0.139 e. The van der Waals surface area contributed by atoms with Gasteiger partial charge in [0.15, 0.2) is 0 Å². The Hall–Kier alpha value is -6.38. The molecule has 222 valence electrons. The summed E-state index contributed by atoms with van der Waals surface area (Å²) in [5, 5.41) is 14.5. The van der Waals surface area contributed by atoms with E-state index in [2.05, 4.69) is 140 Å². The number of rotatable bonds is 2. The van der Waals surface area contributed by atoms with E-state index in [-0.39, 0.29) is 0 Å². The molecule has 0 saturated carbocycles. The highest BCUT2D eigenvalue weighted by molar-refractivity contribution is 6.26. The van der Waals surface area contributed by atoms with Crippen molar-refractivity contribution in [2.45, 2.75) is 0 Å². The highest BCUT2D eigenvalue weighted by atomic mass is 16.3. The number of para-hydroxylation sites is 1. The van der Waals surface area contributed by atoms with Crippen LogP contribution in [0.1, 0.15) is 0 Å². The zero-order chi connectivity index (χ0) is 31.3. The molecule has 2 aromatic heterocycles. The SMILES string of the molecule is c1ccc2c(c1)cc(-c1c3ccccc3c(-c3ccc4oc5cc6oc7ccccc7c6cc5c4c3)c3ccccc13)c1ccccc12. The molecule has 0 N–H and O–H groups in total. The lowest BCUT2D eigenvalue weighted by Gasteiger charge is -2.19. The van der Waals surface area contributed by atoms with Gasteiger partial charge in [-0.2, -0.15) is 0 Å². The van der Waals surface area contributed by atoms with Gasteiger partial charge in [0.1, 0.15) is 22.3 Å². The molecule has 9 aromatic carbocycles. The Balaban J connectivity index is 1.23. The Labute approximate surface area is 275 Å². The second kappa shape index (κ2) is 9.57. The molecule has 0 bridgehead atoms. The summed E-state index contributed by atoms with van der Waals surface area (Å²) in [6.07, 6.45) is 0. The predicted octanol–water partition coefficient (Wildman–Crippen LogP) is 13.4. The lowest BCUT2D eigenvalue weighted by atomic mass is 9.83. The number of hydrogen-bond acceptors (Lipinski definition) is 2. The molecular weight excluding hydrogens is 585 g/mol. The van der Waals surface area contributed by atoms with Crippen molar-refractivity contribution in [1.82, 2.24) is 0 Å².